The zero-order chi connectivity index (χ0) is 15.6. The minimum absolute atomic E-state index is 0.0295. The minimum atomic E-state index is -4.64. The molecule has 0 heterocycles. The molecule has 0 amide bonds. The molecule has 1 aromatic rings. The molecule has 0 saturated carbocycles. The molecule has 1 aromatic carbocycles. The highest BCUT2D eigenvalue weighted by atomic mass is 79.9. The van der Waals surface area contributed by atoms with Crippen molar-refractivity contribution in [1.82, 2.24) is 4.31 Å². The summed E-state index contributed by atoms with van der Waals surface area (Å²) in [4.78, 5) is -0.375. The topological polar surface area (TPSA) is 37.4 Å². The lowest BCUT2D eigenvalue weighted by Gasteiger charge is -2.22. The molecule has 114 valence electrons. The zero-order valence-corrected chi connectivity index (χ0v) is 13.7. The van der Waals surface area contributed by atoms with Crippen molar-refractivity contribution in [3.05, 3.63) is 28.2 Å². The maximum atomic E-state index is 12.5. The summed E-state index contributed by atoms with van der Waals surface area (Å²) in [6.07, 6.45) is -4.64. The van der Waals surface area contributed by atoms with E-state index in [9.17, 15) is 21.6 Å². The van der Waals surface area contributed by atoms with Crippen molar-refractivity contribution in [2.24, 2.45) is 0 Å². The van der Waals surface area contributed by atoms with Gasteiger partial charge in [-0.1, -0.05) is 39.1 Å². The van der Waals surface area contributed by atoms with Crippen LogP contribution in [0.5, 0.6) is 0 Å². The summed E-state index contributed by atoms with van der Waals surface area (Å²) in [7, 11) is -4.33. The molecule has 0 aliphatic carbocycles. The molecule has 1 rings (SSSR count). The van der Waals surface area contributed by atoms with Crippen LogP contribution in [0.1, 0.15) is 0 Å². The van der Waals surface area contributed by atoms with Crippen LogP contribution in [0.4, 0.5) is 13.2 Å². The first kappa shape index (κ1) is 18.0. The zero-order valence-electron chi connectivity index (χ0n) is 9.79. The number of nitrogens with zero attached hydrogens (tertiary/aromatic N) is 1. The van der Waals surface area contributed by atoms with Gasteiger partial charge in [0.15, 0.2) is 0 Å². The Bertz CT molecular complexity index is 560. The van der Waals surface area contributed by atoms with Gasteiger partial charge in [0.1, 0.15) is 6.54 Å². The highest BCUT2D eigenvalue weighted by Crippen LogP contribution is 2.27. The molecule has 10 heteroatoms. The molecular weight excluding hydrogens is 406 g/mol. The van der Waals surface area contributed by atoms with Gasteiger partial charge in [-0.05, 0) is 18.2 Å². The summed E-state index contributed by atoms with van der Waals surface area (Å²) >= 11 is 14.3. The predicted molar refractivity (Wildman–Crippen MR) is 75.1 cm³/mol. The average Bonchev–Trinajstić information content (AvgIpc) is 2.25. The van der Waals surface area contributed by atoms with E-state index in [-0.39, 0.29) is 26.8 Å². The second-order valence-electron chi connectivity index (χ2n) is 3.75. The van der Waals surface area contributed by atoms with Gasteiger partial charge >= 0.3 is 6.18 Å². The van der Waals surface area contributed by atoms with Gasteiger partial charge < -0.3 is 0 Å². The van der Waals surface area contributed by atoms with E-state index in [1.54, 1.807) is 0 Å². The summed E-state index contributed by atoms with van der Waals surface area (Å²) in [5.74, 6) is 0. The van der Waals surface area contributed by atoms with Crippen LogP contribution in [0.25, 0.3) is 0 Å². The standard InChI is InChI=1S/C10H9BrCl2F3NO2S/c11-1-2-17(6-10(14,15)16)20(18,19)9-4-7(12)3-8(13)5-9/h3-5H,1-2,6H2. The van der Waals surface area contributed by atoms with Gasteiger partial charge in [0, 0.05) is 21.9 Å². The first-order valence-corrected chi connectivity index (χ1v) is 8.47. The number of alkyl halides is 4. The molecule has 3 nitrogen and oxygen atoms in total. The van der Waals surface area contributed by atoms with Crippen LogP contribution in [0.2, 0.25) is 10.0 Å². The molecule has 0 bridgehead atoms. The van der Waals surface area contributed by atoms with Crippen molar-refractivity contribution in [2.75, 3.05) is 18.4 Å². The van der Waals surface area contributed by atoms with E-state index in [1.807, 2.05) is 0 Å². The van der Waals surface area contributed by atoms with Crippen LogP contribution in [-0.2, 0) is 10.0 Å². The number of benzene rings is 1. The number of rotatable bonds is 5. The Morgan fingerprint density at radius 2 is 1.65 bits per heavy atom. The molecule has 0 saturated heterocycles. The first-order valence-electron chi connectivity index (χ1n) is 5.15. The summed E-state index contributed by atoms with van der Waals surface area (Å²) in [5, 5.41) is 0.125. The lowest BCUT2D eigenvalue weighted by molar-refractivity contribution is -0.135. The minimum Gasteiger partial charge on any atom is -0.207 e. The molecular formula is C10H9BrCl2F3NO2S. The lowest BCUT2D eigenvalue weighted by atomic mass is 10.4. The number of hydrogen-bond donors (Lipinski definition) is 0. The first-order chi connectivity index (χ1) is 9.06. The van der Waals surface area contributed by atoms with Crippen molar-refractivity contribution in [3.8, 4) is 0 Å². The molecule has 0 unspecified atom stereocenters. The fraction of sp³-hybridized carbons (Fsp3) is 0.400. The van der Waals surface area contributed by atoms with E-state index in [0.29, 0.717) is 4.31 Å². The fourth-order valence-electron chi connectivity index (χ4n) is 1.40. The van der Waals surface area contributed by atoms with E-state index < -0.39 is 22.7 Å². The SMILES string of the molecule is O=S(=O)(c1cc(Cl)cc(Cl)c1)N(CCBr)CC(F)(F)F. The smallest absolute Gasteiger partial charge is 0.207 e. The largest absolute Gasteiger partial charge is 0.402 e. The number of sulfonamides is 1. The third-order valence-electron chi connectivity index (χ3n) is 2.16. The van der Waals surface area contributed by atoms with Gasteiger partial charge in [-0.25, -0.2) is 8.42 Å². The molecule has 0 N–H and O–H groups in total. The number of hydrogen-bond acceptors (Lipinski definition) is 2. The maximum absolute atomic E-state index is 12.5. The Labute approximate surface area is 132 Å². The quantitative estimate of drug-likeness (QED) is 0.684. The molecule has 0 spiro atoms. The molecule has 0 fully saturated rings. The van der Waals surface area contributed by atoms with E-state index in [1.165, 1.54) is 6.07 Å². The van der Waals surface area contributed by atoms with Gasteiger partial charge in [-0.2, -0.15) is 17.5 Å². The van der Waals surface area contributed by atoms with Crippen LogP contribution < -0.4 is 0 Å². The second-order valence-corrected chi connectivity index (χ2v) is 7.35. The Kier molecular flexibility index (Phi) is 6.15. The lowest BCUT2D eigenvalue weighted by Crippen LogP contribution is -2.40. The Morgan fingerprint density at radius 3 is 2.05 bits per heavy atom. The molecule has 20 heavy (non-hydrogen) atoms. The van der Waals surface area contributed by atoms with E-state index >= 15 is 0 Å². The predicted octanol–water partition coefficient (Wildman–Crippen LogP) is 3.94. The van der Waals surface area contributed by atoms with E-state index in [2.05, 4.69) is 15.9 Å². The third kappa shape index (κ3) is 5.07. The van der Waals surface area contributed by atoms with E-state index in [0.717, 1.165) is 12.1 Å². The van der Waals surface area contributed by atoms with Gasteiger partial charge in [-0.15, -0.1) is 0 Å². The van der Waals surface area contributed by atoms with Gasteiger partial charge in [0.05, 0.1) is 4.90 Å². The van der Waals surface area contributed by atoms with Gasteiger partial charge in [0.2, 0.25) is 10.0 Å². The van der Waals surface area contributed by atoms with Gasteiger partial charge in [-0.3, -0.25) is 0 Å². The molecule has 0 aliphatic heterocycles. The molecule has 0 aromatic heterocycles. The summed E-state index contributed by atoms with van der Waals surface area (Å²) in [6, 6.07) is 3.40. The molecule has 0 aliphatic rings. The Hall–Kier alpha value is -0.0200. The van der Waals surface area contributed by atoms with Crippen LogP contribution in [0, 0.1) is 0 Å². The monoisotopic (exact) mass is 413 g/mol. The van der Waals surface area contributed by atoms with Crippen LogP contribution in [0.3, 0.4) is 0 Å². The van der Waals surface area contributed by atoms with E-state index in [4.69, 9.17) is 23.2 Å². The molecule has 0 atom stereocenters. The van der Waals surface area contributed by atoms with Gasteiger partial charge in [0.25, 0.3) is 0 Å². The van der Waals surface area contributed by atoms with Crippen molar-refractivity contribution in [1.29, 1.82) is 0 Å². The third-order valence-corrected chi connectivity index (χ3v) is 4.78. The van der Waals surface area contributed by atoms with Crippen LogP contribution in [-0.4, -0.2) is 37.3 Å². The van der Waals surface area contributed by atoms with Crippen molar-refractivity contribution < 1.29 is 21.6 Å². The maximum Gasteiger partial charge on any atom is 0.402 e. The van der Waals surface area contributed by atoms with Crippen LogP contribution >= 0.6 is 39.1 Å². The highest BCUT2D eigenvalue weighted by molar-refractivity contribution is 9.09. The second kappa shape index (κ2) is 6.83. The Balaban J connectivity index is 3.22. The summed E-state index contributed by atoms with van der Waals surface area (Å²) in [5.41, 5.74) is 0. The van der Waals surface area contributed by atoms with Crippen molar-refractivity contribution in [2.45, 2.75) is 11.1 Å². The van der Waals surface area contributed by atoms with Crippen molar-refractivity contribution >= 4 is 49.2 Å². The summed E-state index contributed by atoms with van der Waals surface area (Å²) < 4.78 is 62.1. The fourth-order valence-corrected chi connectivity index (χ4v) is 4.22. The summed E-state index contributed by atoms with van der Waals surface area (Å²) in [6.45, 7) is -1.91. The van der Waals surface area contributed by atoms with Crippen LogP contribution in [0.15, 0.2) is 23.1 Å². The normalized spacial score (nSPS) is 12.9. The number of halogens is 6. The van der Waals surface area contributed by atoms with Crippen molar-refractivity contribution in [3.63, 3.8) is 0 Å². The molecule has 0 radical (unpaired) electrons. The highest BCUT2D eigenvalue weighted by Gasteiger charge is 2.36. The Morgan fingerprint density at radius 1 is 1.15 bits per heavy atom. The average molecular weight is 415 g/mol.